The molecule has 130 valence electrons. The maximum Gasteiger partial charge on any atom is 0.242 e. The predicted octanol–water partition coefficient (Wildman–Crippen LogP) is 2.15. The molecule has 0 aliphatic carbocycles. The molecule has 2 aromatic rings. The van der Waals surface area contributed by atoms with Crippen LogP contribution >= 0.6 is 0 Å². The van der Waals surface area contributed by atoms with Gasteiger partial charge in [-0.1, -0.05) is 0 Å². The molecule has 1 amide bonds. The zero-order valence-electron chi connectivity index (χ0n) is 14.6. The van der Waals surface area contributed by atoms with Crippen molar-refractivity contribution in [1.82, 2.24) is 24.5 Å². The van der Waals surface area contributed by atoms with Crippen molar-refractivity contribution in [2.75, 3.05) is 11.9 Å². The first-order valence-electron chi connectivity index (χ1n) is 8.64. The highest BCUT2D eigenvalue weighted by Crippen LogP contribution is 2.22. The normalized spacial score (nSPS) is 19.8. The molecule has 24 heavy (non-hydrogen) atoms. The molecule has 0 radical (unpaired) electrons. The molecular weight excluding hydrogens is 304 g/mol. The molecule has 2 unspecified atom stereocenters. The van der Waals surface area contributed by atoms with Crippen LogP contribution in [0.1, 0.15) is 39.7 Å². The molecule has 1 fully saturated rings. The van der Waals surface area contributed by atoms with E-state index in [0.717, 1.165) is 31.7 Å². The third kappa shape index (κ3) is 3.51. The first-order valence-corrected chi connectivity index (χ1v) is 8.64. The lowest BCUT2D eigenvalue weighted by Crippen LogP contribution is -2.46. The van der Waals surface area contributed by atoms with Crippen molar-refractivity contribution in [1.29, 1.82) is 0 Å². The van der Waals surface area contributed by atoms with Gasteiger partial charge >= 0.3 is 0 Å². The molecule has 1 N–H and O–H groups in total. The van der Waals surface area contributed by atoms with E-state index in [9.17, 15) is 4.79 Å². The number of likely N-dealkylation sites (tertiary alicyclic amines) is 1. The molecule has 1 aliphatic heterocycles. The third-order valence-corrected chi connectivity index (χ3v) is 4.67. The van der Waals surface area contributed by atoms with Crippen molar-refractivity contribution in [3.05, 3.63) is 30.7 Å². The summed E-state index contributed by atoms with van der Waals surface area (Å²) in [5.74, 6) is 0.773. The summed E-state index contributed by atoms with van der Waals surface area (Å²) in [6, 6.07) is 4.16. The van der Waals surface area contributed by atoms with E-state index in [1.54, 1.807) is 12.4 Å². The topological polar surface area (TPSA) is 68.0 Å². The van der Waals surface area contributed by atoms with Crippen LogP contribution in [0.2, 0.25) is 0 Å². The number of amides is 1. The Kier molecular flexibility index (Phi) is 4.99. The second kappa shape index (κ2) is 7.17. The van der Waals surface area contributed by atoms with Crippen LogP contribution in [0.15, 0.2) is 30.7 Å². The molecule has 2 aromatic heterocycles. The quantitative estimate of drug-likeness (QED) is 0.881. The van der Waals surface area contributed by atoms with E-state index < -0.39 is 0 Å². The minimum atomic E-state index is -0.177. The maximum absolute atomic E-state index is 12.7. The van der Waals surface area contributed by atoms with Crippen LogP contribution in [0.5, 0.6) is 0 Å². The van der Waals surface area contributed by atoms with E-state index in [1.807, 2.05) is 48.5 Å². The van der Waals surface area contributed by atoms with Gasteiger partial charge < -0.3 is 5.32 Å². The molecule has 0 bridgehead atoms. The number of nitrogens with zero attached hydrogens (tertiary/aromatic N) is 5. The minimum absolute atomic E-state index is 0.0183. The Morgan fingerprint density at radius 1 is 1.33 bits per heavy atom. The first kappa shape index (κ1) is 16.7. The van der Waals surface area contributed by atoms with Gasteiger partial charge in [-0.3, -0.25) is 14.4 Å². The highest BCUT2D eigenvalue weighted by Gasteiger charge is 2.32. The fourth-order valence-corrected chi connectivity index (χ4v) is 3.39. The zero-order valence-corrected chi connectivity index (χ0v) is 14.6. The van der Waals surface area contributed by atoms with E-state index in [1.165, 1.54) is 0 Å². The highest BCUT2D eigenvalue weighted by molar-refractivity contribution is 5.93. The lowest BCUT2D eigenvalue weighted by molar-refractivity contribution is -0.121. The molecule has 3 heterocycles. The van der Waals surface area contributed by atoms with Crippen LogP contribution < -0.4 is 5.32 Å². The zero-order chi connectivity index (χ0) is 17.1. The molecule has 0 spiro atoms. The number of nitrogens with one attached hydrogen (secondary N) is 1. The van der Waals surface area contributed by atoms with Crippen LogP contribution in [0.3, 0.4) is 0 Å². The van der Waals surface area contributed by atoms with Gasteiger partial charge in [-0.25, -0.2) is 4.68 Å². The summed E-state index contributed by atoms with van der Waals surface area (Å²) in [6.45, 7) is 7.85. The van der Waals surface area contributed by atoms with E-state index in [4.69, 9.17) is 0 Å². The Morgan fingerprint density at radius 2 is 2.17 bits per heavy atom. The Hall–Kier alpha value is -2.15. The second-order valence-electron chi connectivity index (χ2n) is 6.68. The van der Waals surface area contributed by atoms with Crippen molar-refractivity contribution in [2.24, 2.45) is 0 Å². The van der Waals surface area contributed by atoms with E-state index in [2.05, 4.69) is 20.4 Å². The number of hydrogen-bond donors (Lipinski definition) is 1. The number of anilines is 1. The van der Waals surface area contributed by atoms with Gasteiger partial charge in [-0.15, -0.1) is 0 Å². The van der Waals surface area contributed by atoms with Gasteiger partial charge in [-0.05, 0) is 46.2 Å². The standard InChI is InChI=1S/C17H26N6O/c1-13(2)23-16(7-9-19-23)20-17(24)14(3)22-11-4-6-15(22)12-21-10-5-8-18-21/h5,7-10,13-15H,4,6,11-12H2,1-3H3,(H,20,24). The lowest BCUT2D eigenvalue weighted by Gasteiger charge is -2.29. The molecule has 1 saturated heterocycles. The van der Waals surface area contributed by atoms with Gasteiger partial charge in [0.1, 0.15) is 5.82 Å². The molecule has 0 aromatic carbocycles. The summed E-state index contributed by atoms with van der Waals surface area (Å²) in [5, 5.41) is 11.6. The smallest absolute Gasteiger partial charge is 0.242 e. The predicted molar refractivity (Wildman–Crippen MR) is 92.7 cm³/mol. The fourth-order valence-electron chi connectivity index (χ4n) is 3.39. The number of aromatic nitrogens is 4. The molecule has 7 heteroatoms. The Balaban J connectivity index is 1.65. The summed E-state index contributed by atoms with van der Waals surface area (Å²) in [4.78, 5) is 15.0. The average Bonchev–Trinajstić information content (AvgIpc) is 3.28. The summed E-state index contributed by atoms with van der Waals surface area (Å²) in [6.07, 6.45) is 7.70. The van der Waals surface area contributed by atoms with Crippen molar-refractivity contribution < 1.29 is 4.79 Å². The molecule has 0 saturated carbocycles. The van der Waals surface area contributed by atoms with Crippen LogP contribution in [0, 0.1) is 0 Å². The van der Waals surface area contributed by atoms with Gasteiger partial charge in [0, 0.05) is 30.5 Å². The van der Waals surface area contributed by atoms with Gasteiger partial charge in [0.2, 0.25) is 5.91 Å². The van der Waals surface area contributed by atoms with Crippen LogP contribution in [0.25, 0.3) is 0 Å². The molecule has 3 rings (SSSR count). The highest BCUT2D eigenvalue weighted by atomic mass is 16.2. The lowest BCUT2D eigenvalue weighted by atomic mass is 10.2. The maximum atomic E-state index is 12.7. The molecule has 1 aliphatic rings. The third-order valence-electron chi connectivity index (χ3n) is 4.67. The summed E-state index contributed by atoms with van der Waals surface area (Å²) >= 11 is 0. The SMILES string of the molecule is CC(C(=O)Nc1ccnn1C(C)C)N1CCCC1Cn1cccn1. The Bertz CT molecular complexity index is 662. The number of hydrogen-bond acceptors (Lipinski definition) is 4. The van der Waals surface area contributed by atoms with Crippen molar-refractivity contribution in [2.45, 2.75) is 58.3 Å². The number of rotatable bonds is 6. The summed E-state index contributed by atoms with van der Waals surface area (Å²) < 4.78 is 3.78. The van der Waals surface area contributed by atoms with Crippen molar-refractivity contribution >= 4 is 11.7 Å². The summed E-state index contributed by atoms with van der Waals surface area (Å²) in [7, 11) is 0. The van der Waals surface area contributed by atoms with Gasteiger partial charge in [0.25, 0.3) is 0 Å². The van der Waals surface area contributed by atoms with Crippen molar-refractivity contribution in [3.8, 4) is 0 Å². The second-order valence-corrected chi connectivity index (χ2v) is 6.68. The van der Waals surface area contributed by atoms with E-state index >= 15 is 0 Å². The van der Waals surface area contributed by atoms with E-state index in [-0.39, 0.29) is 18.0 Å². The van der Waals surface area contributed by atoms with Gasteiger partial charge in [0.15, 0.2) is 0 Å². The molecule has 2 atom stereocenters. The average molecular weight is 330 g/mol. The summed E-state index contributed by atoms with van der Waals surface area (Å²) in [5.41, 5.74) is 0. The largest absolute Gasteiger partial charge is 0.310 e. The fraction of sp³-hybridized carbons (Fsp3) is 0.588. The van der Waals surface area contributed by atoms with Crippen molar-refractivity contribution in [3.63, 3.8) is 0 Å². The molecular formula is C17H26N6O. The van der Waals surface area contributed by atoms with Crippen LogP contribution in [-0.4, -0.2) is 49.0 Å². The minimum Gasteiger partial charge on any atom is -0.310 e. The molecule has 7 nitrogen and oxygen atoms in total. The van der Waals surface area contributed by atoms with E-state index in [0.29, 0.717) is 6.04 Å². The number of carbonyl (C=O) groups excluding carboxylic acids is 1. The Morgan fingerprint density at radius 3 is 2.88 bits per heavy atom. The van der Waals surface area contributed by atoms with Gasteiger partial charge in [-0.2, -0.15) is 10.2 Å². The monoisotopic (exact) mass is 330 g/mol. The van der Waals surface area contributed by atoms with Gasteiger partial charge in [0.05, 0.1) is 18.8 Å². The van der Waals surface area contributed by atoms with Crippen LogP contribution in [-0.2, 0) is 11.3 Å². The van der Waals surface area contributed by atoms with Crippen LogP contribution in [0.4, 0.5) is 5.82 Å². The Labute approximate surface area is 142 Å². The first-order chi connectivity index (χ1) is 11.6. The number of carbonyl (C=O) groups is 1.